The van der Waals surface area contributed by atoms with Crippen molar-refractivity contribution in [3.05, 3.63) is 29.6 Å². The fourth-order valence-corrected chi connectivity index (χ4v) is 2.48. The van der Waals surface area contributed by atoms with Crippen LogP contribution >= 0.6 is 0 Å². The Morgan fingerprint density at radius 3 is 2.33 bits per heavy atom. The molecular formula is C14H16FNO2. The van der Waals surface area contributed by atoms with E-state index in [-0.39, 0.29) is 5.56 Å². The average Bonchev–Trinajstić information content (AvgIpc) is 3.19. The number of nitrogens with one attached hydrogen (secondary N) is 1. The van der Waals surface area contributed by atoms with Crippen molar-refractivity contribution in [1.29, 1.82) is 0 Å². The summed E-state index contributed by atoms with van der Waals surface area (Å²) >= 11 is 0. The molecule has 0 saturated heterocycles. The van der Waals surface area contributed by atoms with Crippen molar-refractivity contribution in [2.45, 2.75) is 31.7 Å². The van der Waals surface area contributed by atoms with Crippen LogP contribution in [0.4, 0.5) is 10.1 Å². The van der Waals surface area contributed by atoms with Gasteiger partial charge in [-0.25, -0.2) is 9.18 Å². The Balaban J connectivity index is 1.77. The molecule has 1 aromatic rings. The van der Waals surface area contributed by atoms with E-state index in [2.05, 4.69) is 5.32 Å². The number of carboxylic acids is 1. The molecular weight excluding hydrogens is 233 g/mol. The van der Waals surface area contributed by atoms with E-state index in [1.54, 1.807) is 0 Å². The Morgan fingerprint density at radius 1 is 1.28 bits per heavy atom. The van der Waals surface area contributed by atoms with Crippen LogP contribution in [0.5, 0.6) is 0 Å². The largest absolute Gasteiger partial charge is 0.478 e. The van der Waals surface area contributed by atoms with E-state index in [4.69, 9.17) is 5.11 Å². The van der Waals surface area contributed by atoms with E-state index >= 15 is 0 Å². The van der Waals surface area contributed by atoms with Crippen LogP contribution in [-0.2, 0) is 0 Å². The first-order valence-corrected chi connectivity index (χ1v) is 6.44. The van der Waals surface area contributed by atoms with Crippen LogP contribution in [0.3, 0.4) is 0 Å². The molecule has 2 saturated carbocycles. The van der Waals surface area contributed by atoms with Gasteiger partial charge in [-0.2, -0.15) is 0 Å². The van der Waals surface area contributed by atoms with Crippen molar-refractivity contribution in [3.63, 3.8) is 0 Å². The van der Waals surface area contributed by atoms with Crippen molar-refractivity contribution in [3.8, 4) is 0 Å². The summed E-state index contributed by atoms with van der Waals surface area (Å²) in [6.07, 6.45) is 4.90. The summed E-state index contributed by atoms with van der Waals surface area (Å²) in [6, 6.07) is 4.44. The molecule has 2 N–H and O–H groups in total. The van der Waals surface area contributed by atoms with E-state index in [1.165, 1.54) is 37.8 Å². The summed E-state index contributed by atoms with van der Waals surface area (Å²) in [5, 5.41) is 12.1. The monoisotopic (exact) mass is 249 g/mol. The van der Waals surface area contributed by atoms with Gasteiger partial charge in [0.05, 0.1) is 11.3 Å². The summed E-state index contributed by atoms with van der Waals surface area (Å²) in [7, 11) is 0. The number of aromatic carboxylic acids is 1. The molecule has 0 heterocycles. The van der Waals surface area contributed by atoms with Gasteiger partial charge in [0, 0.05) is 6.04 Å². The second-order valence-electron chi connectivity index (χ2n) is 5.34. The Bertz CT molecular complexity index is 469. The summed E-state index contributed by atoms with van der Waals surface area (Å²) in [5.41, 5.74) is 0.427. The van der Waals surface area contributed by atoms with Crippen LogP contribution in [0.2, 0.25) is 0 Å². The molecule has 96 valence electrons. The number of carbonyl (C=O) groups is 1. The number of benzene rings is 1. The molecule has 0 aromatic heterocycles. The lowest BCUT2D eigenvalue weighted by atomic mass is 10.1. The molecule has 3 rings (SSSR count). The summed E-state index contributed by atoms with van der Waals surface area (Å²) in [5.74, 6) is -0.213. The van der Waals surface area contributed by atoms with E-state index in [1.807, 2.05) is 0 Å². The van der Waals surface area contributed by atoms with Gasteiger partial charge >= 0.3 is 5.97 Å². The number of halogens is 1. The van der Waals surface area contributed by atoms with Gasteiger partial charge in [0.25, 0.3) is 0 Å². The molecule has 0 radical (unpaired) electrons. The van der Waals surface area contributed by atoms with Crippen molar-refractivity contribution in [2.75, 3.05) is 5.32 Å². The molecule has 4 heteroatoms. The molecule has 0 atom stereocenters. The smallest absolute Gasteiger partial charge is 0.335 e. The third-order valence-electron chi connectivity index (χ3n) is 3.80. The third kappa shape index (κ3) is 2.33. The zero-order valence-corrected chi connectivity index (χ0v) is 10.0. The predicted octanol–water partition coefficient (Wildman–Crippen LogP) is 3.12. The molecule has 0 spiro atoms. The molecule has 0 aliphatic heterocycles. The maximum Gasteiger partial charge on any atom is 0.335 e. The topological polar surface area (TPSA) is 49.3 Å². The lowest BCUT2D eigenvalue weighted by Crippen LogP contribution is -2.24. The Labute approximate surface area is 105 Å². The Hall–Kier alpha value is -1.58. The fraction of sp³-hybridized carbons (Fsp3) is 0.500. The molecule has 2 aliphatic rings. The number of carboxylic acid groups (broad SMARTS) is 1. The van der Waals surface area contributed by atoms with Crippen molar-refractivity contribution in [2.24, 2.45) is 11.8 Å². The molecule has 0 amide bonds. The van der Waals surface area contributed by atoms with Crippen molar-refractivity contribution >= 4 is 11.7 Å². The zero-order valence-electron chi connectivity index (χ0n) is 10.0. The van der Waals surface area contributed by atoms with Gasteiger partial charge in [-0.3, -0.25) is 0 Å². The minimum Gasteiger partial charge on any atom is -0.478 e. The Morgan fingerprint density at radius 2 is 1.89 bits per heavy atom. The summed E-state index contributed by atoms with van der Waals surface area (Å²) in [4.78, 5) is 10.7. The standard InChI is InChI=1S/C14H16FNO2/c15-11-7-10(14(17)18)5-6-12(11)16-13(8-1-2-8)9-3-4-9/h5-9,13,16H,1-4H2,(H,17,18). The second-order valence-corrected chi connectivity index (χ2v) is 5.34. The molecule has 18 heavy (non-hydrogen) atoms. The van der Waals surface area contributed by atoms with Crippen LogP contribution in [-0.4, -0.2) is 17.1 Å². The second kappa shape index (κ2) is 4.26. The van der Waals surface area contributed by atoms with Crippen LogP contribution in [0.1, 0.15) is 36.0 Å². The maximum absolute atomic E-state index is 13.8. The van der Waals surface area contributed by atoms with Gasteiger partial charge in [-0.1, -0.05) is 0 Å². The van der Waals surface area contributed by atoms with Gasteiger partial charge < -0.3 is 10.4 Å². The normalized spacial score (nSPS) is 19.0. The predicted molar refractivity (Wildman–Crippen MR) is 66.2 cm³/mol. The minimum atomic E-state index is -1.10. The molecule has 2 fully saturated rings. The SMILES string of the molecule is O=C(O)c1ccc(NC(C2CC2)C2CC2)c(F)c1. The van der Waals surface area contributed by atoms with Crippen LogP contribution in [0, 0.1) is 17.7 Å². The highest BCUT2D eigenvalue weighted by atomic mass is 19.1. The van der Waals surface area contributed by atoms with Crippen molar-refractivity contribution in [1.82, 2.24) is 0 Å². The quantitative estimate of drug-likeness (QED) is 0.843. The lowest BCUT2D eigenvalue weighted by Gasteiger charge is -2.19. The van der Waals surface area contributed by atoms with Crippen LogP contribution in [0.25, 0.3) is 0 Å². The van der Waals surface area contributed by atoms with Crippen molar-refractivity contribution < 1.29 is 14.3 Å². The fourth-order valence-electron chi connectivity index (χ4n) is 2.48. The zero-order chi connectivity index (χ0) is 12.7. The first kappa shape index (κ1) is 11.5. The maximum atomic E-state index is 13.8. The van der Waals surface area contributed by atoms with Gasteiger partial charge in [0.15, 0.2) is 0 Å². The third-order valence-corrected chi connectivity index (χ3v) is 3.80. The van der Waals surface area contributed by atoms with Gasteiger partial charge in [0.1, 0.15) is 5.82 Å². The van der Waals surface area contributed by atoms with Crippen LogP contribution < -0.4 is 5.32 Å². The Kier molecular flexibility index (Phi) is 2.73. The van der Waals surface area contributed by atoms with Crippen LogP contribution in [0.15, 0.2) is 18.2 Å². The van der Waals surface area contributed by atoms with E-state index in [9.17, 15) is 9.18 Å². The number of hydrogen-bond donors (Lipinski definition) is 2. The summed E-state index contributed by atoms with van der Waals surface area (Å²) in [6.45, 7) is 0. The highest BCUT2D eigenvalue weighted by molar-refractivity contribution is 5.88. The highest BCUT2D eigenvalue weighted by Crippen LogP contribution is 2.46. The summed E-state index contributed by atoms with van der Waals surface area (Å²) < 4.78 is 13.8. The lowest BCUT2D eigenvalue weighted by molar-refractivity contribution is 0.0696. The molecule has 3 nitrogen and oxygen atoms in total. The average molecular weight is 249 g/mol. The molecule has 0 bridgehead atoms. The minimum absolute atomic E-state index is 0.00700. The van der Waals surface area contributed by atoms with E-state index in [0.29, 0.717) is 23.6 Å². The first-order valence-electron chi connectivity index (χ1n) is 6.44. The first-order chi connectivity index (χ1) is 8.65. The molecule has 0 unspecified atom stereocenters. The van der Waals surface area contributed by atoms with E-state index in [0.717, 1.165) is 6.07 Å². The molecule has 2 aliphatic carbocycles. The van der Waals surface area contributed by atoms with Gasteiger partial charge in [-0.15, -0.1) is 0 Å². The number of rotatable bonds is 5. The van der Waals surface area contributed by atoms with Gasteiger partial charge in [-0.05, 0) is 55.7 Å². The highest BCUT2D eigenvalue weighted by Gasteiger charge is 2.41. The molecule has 1 aromatic carbocycles. The number of hydrogen-bond acceptors (Lipinski definition) is 2. The van der Waals surface area contributed by atoms with E-state index < -0.39 is 11.8 Å². The number of anilines is 1. The van der Waals surface area contributed by atoms with Gasteiger partial charge in [0.2, 0.25) is 0 Å².